The number of benzene rings is 1. The molecule has 5 aliphatic carbocycles. The number of fused-ring (bicyclic) bond motifs is 7. The summed E-state index contributed by atoms with van der Waals surface area (Å²) in [5, 5.41) is 15.7. The van der Waals surface area contributed by atoms with E-state index in [0.717, 1.165) is 67.8 Å². The summed E-state index contributed by atoms with van der Waals surface area (Å²) in [6.07, 6.45) is 16.1. The maximum absolute atomic E-state index is 11.8. The number of carbonyl (C=O) groups is 2. The average molecular weight is 681 g/mol. The fourth-order valence-corrected chi connectivity index (χ4v) is 13.4. The number of urea groups is 1. The first-order valence-electron chi connectivity index (χ1n) is 18.7. The zero-order chi connectivity index (χ0) is 34.3. The van der Waals surface area contributed by atoms with Crippen LogP contribution in [0.2, 0.25) is 0 Å². The van der Waals surface area contributed by atoms with Gasteiger partial charge in [-0.2, -0.15) is 0 Å². The molecule has 1 aromatic carbocycles. The second kappa shape index (κ2) is 14.2. The monoisotopic (exact) mass is 680 g/mol. The number of nitrogens with two attached hydrogens (primary N) is 1. The lowest BCUT2D eigenvalue weighted by Crippen LogP contribution is -2.63. The lowest BCUT2D eigenvalue weighted by atomic mass is 9.38. The predicted octanol–water partition coefficient (Wildman–Crippen LogP) is 6.14. The molecule has 1 heterocycles. The molecule has 0 spiro atoms. The molecule has 0 bridgehead atoms. The standard InChI is InChI=1S/C37H54N2O3S.C2H6N2O/c1-25-28(26-6-8-27(9-7-26)34(40)41)12-16-35(2)30(25)13-17-36(3)31-14-18-37(38-19-20-39-21-23-43(42)24-22-39)15-4-5-32(37)29(31)10-11-33(35)36;1-4-2(3)5/h6-9,12,25,29-33,38H,4-5,10-11,13-24H2,1-3H3,(H,40,41);1H3,(H3,3,4,5)/t25?,29?,30?,31?,32-,33?,35?,36?,37?;/m1./s1. The number of aromatic carboxylic acids is 1. The highest BCUT2D eigenvalue weighted by molar-refractivity contribution is 7.85. The lowest BCUT2D eigenvalue weighted by Gasteiger charge is -2.67. The van der Waals surface area contributed by atoms with Crippen molar-refractivity contribution in [3.05, 3.63) is 41.5 Å². The molecule has 7 rings (SSSR count). The highest BCUT2D eigenvalue weighted by Gasteiger charge is 2.64. The molecule has 266 valence electrons. The number of hydrogen-bond donors (Lipinski definition) is 4. The van der Waals surface area contributed by atoms with Crippen molar-refractivity contribution in [2.45, 2.75) is 90.5 Å². The summed E-state index contributed by atoms with van der Waals surface area (Å²) in [7, 11) is 0.882. The lowest BCUT2D eigenvalue weighted by molar-refractivity contribution is -0.164. The van der Waals surface area contributed by atoms with Crippen LogP contribution in [0.15, 0.2) is 30.3 Å². The maximum atomic E-state index is 11.8. The van der Waals surface area contributed by atoms with Crippen LogP contribution in [-0.2, 0) is 10.8 Å². The van der Waals surface area contributed by atoms with Crippen LogP contribution in [0.1, 0.15) is 101 Å². The summed E-state index contributed by atoms with van der Waals surface area (Å²) in [6, 6.07) is 7.12. The minimum atomic E-state index is -0.850. The van der Waals surface area contributed by atoms with Gasteiger partial charge in [-0.05, 0) is 127 Å². The van der Waals surface area contributed by atoms with E-state index in [0.29, 0.717) is 33.8 Å². The van der Waals surface area contributed by atoms with Crippen molar-refractivity contribution < 1.29 is 18.9 Å². The Bertz CT molecular complexity index is 1390. The Kier molecular flexibility index (Phi) is 10.5. The van der Waals surface area contributed by atoms with Crippen molar-refractivity contribution >= 4 is 28.4 Å². The van der Waals surface area contributed by atoms with E-state index >= 15 is 0 Å². The summed E-state index contributed by atoms with van der Waals surface area (Å²) >= 11 is 0. The van der Waals surface area contributed by atoms with Gasteiger partial charge in [0.1, 0.15) is 0 Å². The van der Waals surface area contributed by atoms with E-state index in [1.807, 2.05) is 12.1 Å². The Morgan fingerprint density at radius 1 is 0.958 bits per heavy atom. The van der Waals surface area contributed by atoms with Gasteiger partial charge in [-0.25, -0.2) is 9.59 Å². The number of hydrogen-bond acceptors (Lipinski definition) is 5. The van der Waals surface area contributed by atoms with Crippen LogP contribution in [0.5, 0.6) is 0 Å². The predicted molar refractivity (Wildman–Crippen MR) is 194 cm³/mol. The van der Waals surface area contributed by atoms with E-state index in [-0.39, 0.29) is 0 Å². The molecule has 8 nitrogen and oxygen atoms in total. The van der Waals surface area contributed by atoms with Crippen LogP contribution in [-0.4, -0.2) is 76.5 Å². The first-order valence-corrected chi connectivity index (χ1v) is 20.2. The summed E-state index contributed by atoms with van der Waals surface area (Å²) in [4.78, 5) is 23.4. The third kappa shape index (κ3) is 6.53. The summed E-state index contributed by atoms with van der Waals surface area (Å²) in [6.45, 7) is 12.0. The number of primary amides is 1. The Labute approximate surface area is 290 Å². The Balaban J connectivity index is 0.000000749. The first-order chi connectivity index (χ1) is 22.9. The fraction of sp³-hybridized carbons (Fsp3) is 0.744. The van der Waals surface area contributed by atoms with E-state index < -0.39 is 22.8 Å². The molecule has 4 saturated carbocycles. The topological polar surface area (TPSA) is 125 Å². The third-order valence-electron chi connectivity index (χ3n) is 14.6. The fourth-order valence-electron chi connectivity index (χ4n) is 12.3. The summed E-state index contributed by atoms with van der Waals surface area (Å²) in [5.74, 6) is 5.44. The molecule has 48 heavy (non-hydrogen) atoms. The molecule has 1 aromatic rings. The minimum Gasteiger partial charge on any atom is -0.478 e. The quantitative estimate of drug-likeness (QED) is 0.286. The van der Waals surface area contributed by atoms with Crippen LogP contribution < -0.4 is 16.4 Å². The van der Waals surface area contributed by atoms with Gasteiger partial charge < -0.3 is 26.4 Å². The number of nitrogens with zero attached hydrogens (tertiary/aromatic N) is 1. The van der Waals surface area contributed by atoms with Crippen molar-refractivity contribution in [3.63, 3.8) is 0 Å². The van der Waals surface area contributed by atoms with Crippen molar-refractivity contribution in [1.82, 2.24) is 15.5 Å². The molecule has 8 unspecified atom stereocenters. The Morgan fingerprint density at radius 2 is 1.65 bits per heavy atom. The number of allylic oxidation sites excluding steroid dienone is 2. The molecule has 1 aliphatic heterocycles. The van der Waals surface area contributed by atoms with Gasteiger partial charge >= 0.3 is 12.0 Å². The van der Waals surface area contributed by atoms with Crippen LogP contribution in [0, 0.1) is 46.3 Å². The molecule has 1 saturated heterocycles. The molecule has 0 radical (unpaired) electrons. The van der Waals surface area contributed by atoms with Gasteiger partial charge in [-0.1, -0.05) is 45.4 Å². The summed E-state index contributed by atoms with van der Waals surface area (Å²) in [5.41, 5.74) is 8.72. The number of nitrogens with one attached hydrogen (secondary N) is 2. The van der Waals surface area contributed by atoms with Gasteiger partial charge in [-0.3, -0.25) is 4.21 Å². The number of carboxylic acids is 1. The SMILES string of the molecule is CC1C(c2ccc(C(=O)O)cc2)=CCC2(C)C1CCC1(C)C3CCC4(NCCN5CCS(=O)CC5)CCC[C@@H]4C3CCC21.CNC(N)=O. The van der Waals surface area contributed by atoms with Gasteiger partial charge in [0.25, 0.3) is 0 Å². The number of rotatable bonds is 6. The van der Waals surface area contributed by atoms with Crippen molar-refractivity contribution in [3.8, 4) is 0 Å². The van der Waals surface area contributed by atoms with E-state index in [4.69, 9.17) is 0 Å². The van der Waals surface area contributed by atoms with Gasteiger partial charge in [0.15, 0.2) is 0 Å². The Morgan fingerprint density at radius 3 is 2.31 bits per heavy atom. The normalized spacial score (nSPS) is 39.4. The molecule has 2 amide bonds. The van der Waals surface area contributed by atoms with Gasteiger partial charge in [0.2, 0.25) is 0 Å². The largest absolute Gasteiger partial charge is 0.478 e. The number of carboxylic acid groups (broad SMARTS) is 1. The molecule has 5 N–H and O–H groups in total. The van der Waals surface area contributed by atoms with Gasteiger partial charge in [0.05, 0.1) is 5.56 Å². The first kappa shape index (κ1) is 35.6. The zero-order valence-corrected chi connectivity index (χ0v) is 30.6. The zero-order valence-electron chi connectivity index (χ0n) is 29.8. The minimum absolute atomic E-state index is 0.350. The van der Waals surface area contributed by atoms with Gasteiger partial charge in [0, 0.05) is 61.1 Å². The Hall–Kier alpha value is -2.23. The van der Waals surface area contributed by atoms with Crippen molar-refractivity contribution in [1.29, 1.82) is 0 Å². The third-order valence-corrected chi connectivity index (χ3v) is 15.9. The molecule has 6 aliphatic rings. The molecular formula is C39H60N4O4S. The summed E-state index contributed by atoms with van der Waals surface area (Å²) < 4.78 is 11.8. The molecular weight excluding hydrogens is 621 g/mol. The molecule has 9 atom stereocenters. The van der Waals surface area contributed by atoms with Crippen molar-refractivity contribution in [2.24, 2.45) is 52.1 Å². The molecule has 0 aromatic heterocycles. The van der Waals surface area contributed by atoms with E-state index in [2.05, 4.69) is 48.1 Å². The molecule has 9 heteroatoms. The highest BCUT2D eigenvalue weighted by atomic mass is 32.2. The van der Waals surface area contributed by atoms with Crippen LogP contribution in [0.25, 0.3) is 5.57 Å². The average Bonchev–Trinajstić information content (AvgIpc) is 3.50. The number of carbonyl (C=O) groups excluding carboxylic acids is 1. The van der Waals surface area contributed by atoms with E-state index in [9.17, 15) is 18.9 Å². The molecule has 5 fully saturated rings. The number of amides is 2. The second-order valence-corrected chi connectivity index (χ2v) is 18.2. The van der Waals surface area contributed by atoms with E-state index in [1.165, 1.54) is 76.0 Å². The van der Waals surface area contributed by atoms with Crippen LogP contribution in [0.4, 0.5) is 4.79 Å². The van der Waals surface area contributed by atoms with Crippen molar-refractivity contribution in [2.75, 3.05) is 44.7 Å². The maximum Gasteiger partial charge on any atom is 0.335 e. The van der Waals surface area contributed by atoms with Crippen LogP contribution in [0.3, 0.4) is 0 Å². The van der Waals surface area contributed by atoms with Crippen LogP contribution >= 0.6 is 0 Å². The second-order valence-electron chi connectivity index (χ2n) is 16.5. The highest BCUT2D eigenvalue weighted by Crippen LogP contribution is 2.70. The smallest absolute Gasteiger partial charge is 0.335 e. The van der Waals surface area contributed by atoms with E-state index in [1.54, 1.807) is 12.1 Å². The van der Waals surface area contributed by atoms with Gasteiger partial charge in [-0.15, -0.1) is 0 Å².